The van der Waals surface area contributed by atoms with Gasteiger partial charge in [0.15, 0.2) is 0 Å². The predicted molar refractivity (Wildman–Crippen MR) is 73.8 cm³/mol. The summed E-state index contributed by atoms with van der Waals surface area (Å²) in [5, 5.41) is 4.40. The van der Waals surface area contributed by atoms with E-state index in [1.807, 2.05) is 10.9 Å². The van der Waals surface area contributed by atoms with Gasteiger partial charge in [0.25, 0.3) is 0 Å². The number of nitrogens with one attached hydrogen (secondary N) is 1. The molecule has 2 rings (SSSR count). The molecule has 0 bridgehead atoms. The first kappa shape index (κ1) is 14.0. The van der Waals surface area contributed by atoms with Gasteiger partial charge < -0.3 is 4.74 Å². The topological polar surface area (TPSA) is 65.1 Å². The normalized spacial score (nSPS) is 25.6. The summed E-state index contributed by atoms with van der Waals surface area (Å²) < 4.78 is 8.68. The molecule has 0 radical (unpaired) electrons. The number of halogens is 1. The van der Waals surface area contributed by atoms with Gasteiger partial charge >= 0.3 is 0 Å². The van der Waals surface area contributed by atoms with Crippen LogP contribution < -0.4 is 11.3 Å². The lowest BCUT2D eigenvalue weighted by molar-refractivity contribution is 0.0942. The van der Waals surface area contributed by atoms with Gasteiger partial charge in [-0.3, -0.25) is 16.0 Å². The molecule has 102 valence electrons. The van der Waals surface area contributed by atoms with Crippen LogP contribution in [-0.4, -0.2) is 22.5 Å². The van der Waals surface area contributed by atoms with Crippen LogP contribution in [0, 0.1) is 5.92 Å². The van der Waals surface area contributed by atoms with Gasteiger partial charge in [-0.05, 0) is 35.7 Å². The molecule has 3 N–H and O–H groups in total. The van der Waals surface area contributed by atoms with Crippen molar-refractivity contribution in [3.8, 4) is 0 Å². The quantitative estimate of drug-likeness (QED) is 0.644. The Morgan fingerprint density at radius 1 is 1.72 bits per heavy atom. The second-order valence-corrected chi connectivity index (χ2v) is 5.63. The van der Waals surface area contributed by atoms with Crippen LogP contribution in [0.1, 0.15) is 38.4 Å². The van der Waals surface area contributed by atoms with Crippen LogP contribution >= 0.6 is 15.9 Å². The summed E-state index contributed by atoms with van der Waals surface area (Å²) in [5.41, 5.74) is 4.07. The minimum Gasteiger partial charge on any atom is -0.378 e. The number of hydrazine groups is 1. The molecule has 0 spiro atoms. The van der Waals surface area contributed by atoms with E-state index >= 15 is 0 Å². The average molecular weight is 317 g/mol. The molecule has 3 unspecified atom stereocenters. The fraction of sp³-hybridized carbons (Fsp3) is 0.750. The Kier molecular flexibility index (Phi) is 4.77. The van der Waals surface area contributed by atoms with Gasteiger partial charge in [-0.2, -0.15) is 5.10 Å². The average Bonchev–Trinajstić information content (AvgIpc) is 2.91. The lowest BCUT2D eigenvalue weighted by Gasteiger charge is -2.26. The predicted octanol–water partition coefficient (Wildman–Crippen LogP) is 1.99. The lowest BCUT2D eigenvalue weighted by atomic mass is 9.91. The van der Waals surface area contributed by atoms with Crippen molar-refractivity contribution >= 4 is 15.9 Å². The molecule has 2 heterocycles. The zero-order chi connectivity index (χ0) is 13.1. The van der Waals surface area contributed by atoms with Crippen LogP contribution in [0.2, 0.25) is 0 Å². The molecule has 0 aromatic carbocycles. The summed E-state index contributed by atoms with van der Waals surface area (Å²) in [5.74, 6) is 6.16. The monoisotopic (exact) mass is 316 g/mol. The molecular formula is C12H21BrN4O. The molecule has 6 heteroatoms. The van der Waals surface area contributed by atoms with Crippen LogP contribution in [0.25, 0.3) is 0 Å². The van der Waals surface area contributed by atoms with Crippen LogP contribution in [0.4, 0.5) is 0 Å². The van der Waals surface area contributed by atoms with Gasteiger partial charge in [0.2, 0.25) is 0 Å². The Bertz CT molecular complexity index is 395. The Balaban J connectivity index is 2.28. The molecule has 1 fully saturated rings. The first-order chi connectivity index (χ1) is 8.69. The number of aromatic nitrogens is 2. The second-order valence-electron chi connectivity index (χ2n) is 4.77. The molecule has 1 saturated heterocycles. The fourth-order valence-electron chi connectivity index (χ4n) is 2.66. The van der Waals surface area contributed by atoms with Crippen molar-refractivity contribution in [3.05, 3.63) is 16.4 Å². The van der Waals surface area contributed by atoms with E-state index in [0.717, 1.165) is 36.2 Å². The third-order valence-corrected chi connectivity index (χ3v) is 4.22. The SMILES string of the molecule is CCCn1ncc(Br)c1C(NN)C1CCOC1C. The number of ether oxygens (including phenoxy) is 1. The highest BCUT2D eigenvalue weighted by molar-refractivity contribution is 9.10. The van der Waals surface area contributed by atoms with E-state index in [4.69, 9.17) is 10.6 Å². The number of aryl methyl sites for hydroxylation is 1. The first-order valence-corrected chi connectivity index (χ1v) is 7.27. The first-order valence-electron chi connectivity index (χ1n) is 6.48. The highest BCUT2D eigenvalue weighted by Crippen LogP contribution is 2.35. The summed E-state index contributed by atoms with van der Waals surface area (Å²) in [6.45, 7) is 5.96. The van der Waals surface area contributed by atoms with Crippen LogP contribution in [0.3, 0.4) is 0 Å². The number of nitrogens with two attached hydrogens (primary N) is 1. The van der Waals surface area contributed by atoms with E-state index in [2.05, 4.69) is 40.3 Å². The number of hydrogen-bond acceptors (Lipinski definition) is 4. The molecule has 0 aliphatic carbocycles. The summed E-state index contributed by atoms with van der Waals surface area (Å²) in [7, 11) is 0. The molecule has 0 saturated carbocycles. The largest absolute Gasteiger partial charge is 0.378 e. The molecular weight excluding hydrogens is 296 g/mol. The smallest absolute Gasteiger partial charge is 0.0713 e. The summed E-state index contributed by atoms with van der Waals surface area (Å²) in [6, 6.07) is 0.0749. The van der Waals surface area contributed by atoms with Crippen LogP contribution in [0.5, 0.6) is 0 Å². The van der Waals surface area contributed by atoms with Gasteiger partial charge in [0, 0.05) is 19.1 Å². The highest BCUT2D eigenvalue weighted by Gasteiger charge is 2.35. The fourth-order valence-corrected chi connectivity index (χ4v) is 3.21. The molecule has 1 aromatic rings. The third-order valence-electron chi connectivity index (χ3n) is 3.61. The Labute approximate surface area is 116 Å². The molecule has 3 atom stereocenters. The number of nitrogens with zero attached hydrogens (tertiary/aromatic N) is 2. The van der Waals surface area contributed by atoms with Crippen LogP contribution in [0.15, 0.2) is 10.7 Å². The van der Waals surface area contributed by atoms with Crippen molar-refractivity contribution in [2.24, 2.45) is 11.8 Å². The lowest BCUT2D eigenvalue weighted by Crippen LogP contribution is -2.37. The maximum atomic E-state index is 5.77. The Morgan fingerprint density at radius 2 is 2.50 bits per heavy atom. The van der Waals surface area contributed by atoms with Gasteiger partial charge in [0.1, 0.15) is 0 Å². The second kappa shape index (κ2) is 6.14. The van der Waals surface area contributed by atoms with E-state index < -0.39 is 0 Å². The minimum atomic E-state index is 0.0749. The van der Waals surface area contributed by atoms with Crippen molar-refractivity contribution in [1.29, 1.82) is 0 Å². The summed E-state index contributed by atoms with van der Waals surface area (Å²) in [6.07, 6.45) is 4.15. The van der Waals surface area contributed by atoms with Crippen molar-refractivity contribution < 1.29 is 4.74 Å². The highest BCUT2D eigenvalue weighted by atomic mass is 79.9. The van der Waals surface area contributed by atoms with Crippen molar-refractivity contribution in [2.45, 2.75) is 45.4 Å². The standard InChI is InChI=1S/C12H21BrN4O/c1-3-5-17-12(10(13)7-15-17)11(16-14)9-4-6-18-8(9)2/h7-9,11,16H,3-6,14H2,1-2H3. The van der Waals surface area contributed by atoms with Crippen molar-refractivity contribution in [1.82, 2.24) is 15.2 Å². The van der Waals surface area contributed by atoms with E-state index in [1.54, 1.807) is 0 Å². The van der Waals surface area contributed by atoms with Gasteiger partial charge in [-0.15, -0.1) is 0 Å². The van der Waals surface area contributed by atoms with Gasteiger partial charge in [0.05, 0.1) is 28.5 Å². The van der Waals surface area contributed by atoms with E-state index in [9.17, 15) is 0 Å². The van der Waals surface area contributed by atoms with E-state index in [-0.39, 0.29) is 12.1 Å². The maximum Gasteiger partial charge on any atom is 0.0713 e. The number of rotatable bonds is 5. The summed E-state index contributed by atoms with van der Waals surface area (Å²) in [4.78, 5) is 0. The summed E-state index contributed by atoms with van der Waals surface area (Å²) >= 11 is 3.58. The Hall–Kier alpha value is -0.430. The van der Waals surface area contributed by atoms with E-state index in [0.29, 0.717) is 5.92 Å². The molecule has 0 amide bonds. The van der Waals surface area contributed by atoms with E-state index in [1.165, 1.54) is 0 Å². The van der Waals surface area contributed by atoms with Crippen molar-refractivity contribution in [2.75, 3.05) is 6.61 Å². The molecule has 1 aromatic heterocycles. The number of hydrogen-bond donors (Lipinski definition) is 2. The molecule has 18 heavy (non-hydrogen) atoms. The molecule has 1 aliphatic heterocycles. The van der Waals surface area contributed by atoms with Crippen molar-refractivity contribution in [3.63, 3.8) is 0 Å². The van der Waals surface area contributed by atoms with Crippen LogP contribution in [-0.2, 0) is 11.3 Å². The van der Waals surface area contributed by atoms with Gasteiger partial charge in [-0.25, -0.2) is 0 Å². The molecule has 5 nitrogen and oxygen atoms in total. The Morgan fingerprint density at radius 3 is 3.06 bits per heavy atom. The zero-order valence-corrected chi connectivity index (χ0v) is 12.5. The minimum absolute atomic E-state index is 0.0749. The van der Waals surface area contributed by atoms with Gasteiger partial charge in [-0.1, -0.05) is 6.92 Å². The maximum absolute atomic E-state index is 5.77. The molecule has 1 aliphatic rings. The third kappa shape index (κ3) is 2.61. The zero-order valence-electron chi connectivity index (χ0n) is 10.9.